The molecule has 0 saturated carbocycles. The molecule has 0 amide bonds. The molecule has 0 atom stereocenters. The van der Waals surface area contributed by atoms with E-state index < -0.39 is 11.7 Å². The van der Waals surface area contributed by atoms with Gasteiger partial charge in [0.2, 0.25) is 0 Å². The third kappa shape index (κ3) is 4.90. The van der Waals surface area contributed by atoms with E-state index in [1.807, 2.05) is 158 Å². The monoisotopic (exact) mass is 755 g/mol. The van der Waals surface area contributed by atoms with Crippen molar-refractivity contribution in [1.82, 2.24) is 19.1 Å². The van der Waals surface area contributed by atoms with Crippen LogP contribution in [0.3, 0.4) is 0 Å². The largest absolute Gasteiger partial charge is 0.417 e. The standard InChI is InChI=1S/C50H28F3N5/c51-50(52,53)43-41(48-55-44-37-23-11-7-19-33(37)35-21-9-13-25-39(35)46(44)57(48)31-15-3-1-4-16-31)27-30(29-54)28-42(43)49-56-45-38-24-12-8-20-34(38)36-22-10-14-26-40(36)47(45)58(49)32-17-5-2-6-18-32/h1-28H. The first kappa shape index (κ1) is 33.6. The van der Waals surface area contributed by atoms with Crippen LogP contribution in [0.1, 0.15) is 11.1 Å². The van der Waals surface area contributed by atoms with E-state index in [9.17, 15) is 5.26 Å². The Bertz CT molecular complexity index is 3290. The predicted molar refractivity (Wildman–Crippen MR) is 226 cm³/mol. The minimum Gasteiger partial charge on any atom is -0.292 e. The number of hydrogen-bond acceptors (Lipinski definition) is 3. The van der Waals surface area contributed by atoms with Gasteiger partial charge in [0.05, 0.1) is 39.3 Å². The molecule has 0 aliphatic heterocycles. The maximum Gasteiger partial charge on any atom is 0.417 e. The zero-order valence-electron chi connectivity index (χ0n) is 30.5. The highest BCUT2D eigenvalue weighted by atomic mass is 19.4. The normalized spacial score (nSPS) is 12.0. The number of imidazole rings is 2. The first-order valence-corrected chi connectivity index (χ1v) is 18.8. The van der Waals surface area contributed by atoms with Crippen LogP contribution in [0.25, 0.3) is 99.3 Å². The van der Waals surface area contributed by atoms with Gasteiger partial charge in [-0.15, -0.1) is 0 Å². The molecule has 2 heterocycles. The van der Waals surface area contributed by atoms with E-state index >= 15 is 13.2 Å². The molecule has 2 aromatic heterocycles. The Kier molecular flexibility index (Phi) is 7.31. The second-order valence-electron chi connectivity index (χ2n) is 14.3. The summed E-state index contributed by atoms with van der Waals surface area (Å²) in [5.41, 5.74) is 2.36. The molecule has 0 fully saturated rings. The van der Waals surface area contributed by atoms with Crippen molar-refractivity contribution in [1.29, 1.82) is 5.26 Å². The minimum absolute atomic E-state index is 0.0424. The summed E-state index contributed by atoms with van der Waals surface area (Å²) < 4.78 is 52.7. The van der Waals surface area contributed by atoms with Crippen molar-refractivity contribution in [3.63, 3.8) is 0 Å². The molecule has 11 rings (SSSR count). The SMILES string of the molecule is N#Cc1cc(-c2nc3c4ccccc4c4ccccc4c3n2-c2ccccc2)c(C(F)(F)F)c(-c2nc3c4ccccc4c4ccccc4c3n2-c2ccccc2)c1. The van der Waals surface area contributed by atoms with Gasteiger partial charge in [-0.1, -0.05) is 133 Å². The van der Waals surface area contributed by atoms with Gasteiger partial charge in [-0.2, -0.15) is 18.4 Å². The summed E-state index contributed by atoms with van der Waals surface area (Å²) in [6.07, 6.45) is -4.91. The molecule has 8 heteroatoms. The van der Waals surface area contributed by atoms with Gasteiger partial charge in [0, 0.05) is 44.0 Å². The first-order valence-electron chi connectivity index (χ1n) is 18.8. The summed E-state index contributed by atoms with van der Waals surface area (Å²) >= 11 is 0. The topological polar surface area (TPSA) is 59.4 Å². The van der Waals surface area contributed by atoms with Gasteiger partial charge in [-0.25, -0.2) is 9.97 Å². The third-order valence-electron chi connectivity index (χ3n) is 11.1. The van der Waals surface area contributed by atoms with Gasteiger partial charge in [-0.3, -0.25) is 9.13 Å². The van der Waals surface area contributed by atoms with Crippen molar-refractivity contribution in [3.05, 3.63) is 181 Å². The van der Waals surface area contributed by atoms with Crippen LogP contribution in [-0.4, -0.2) is 19.1 Å². The third-order valence-corrected chi connectivity index (χ3v) is 11.1. The lowest BCUT2D eigenvalue weighted by Gasteiger charge is -2.20. The first-order chi connectivity index (χ1) is 28.4. The highest BCUT2D eigenvalue weighted by molar-refractivity contribution is 6.25. The Labute approximate surface area is 329 Å². The number of alkyl halides is 3. The molecule has 0 saturated heterocycles. The number of para-hydroxylation sites is 2. The number of nitrogens with zero attached hydrogens (tertiary/aromatic N) is 5. The van der Waals surface area contributed by atoms with Crippen LogP contribution >= 0.6 is 0 Å². The van der Waals surface area contributed by atoms with Crippen LogP contribution in [-0.2, 0) is 6.18 Å². The van der Waals surface area contributed by atoms with Gasteiger partial charge < -0.3 is 0 Å². The molecular formula is C50H28F3N5. The molecule has 0 bridgehead atoms. The zero-order valence-corrected chi connectivity index (χ0v) is 30.5. The van der Waals surface area contributed by atoms with Crippen LogP contribution in [0, 0.1) is 11.3 Å². The fraction of sp³-hybridized carbons (Fsp3) is 0.0200. The van der Waals surface area contributed by atoms with Crippen LogP contribution in [0.5, 0.6) is 0 Å². The van der Waals surface area contributed by atoms with Crippen LogP contribution in [0.4, 0.5) is 13.2 Å². The van der Waals surface area contributed by atoms with Crippen molar-refractivity contribution in [2.24, 2.45) is 0 Å². The Morgan fingerprint density at radius 1 is 0.431 bits per heavy atom. The fourth-order valence-electron chi connectivity index (χ4n) is 8.79. The zero-order chi connectivity index (χ0) is 39.1. The maximum atomic E-state index is 16.4. The highest BCUT2D eigenvalue weighted by Gasteiger charge is 2.40. The fourth-order valence-corrected chi connectivity index (χ4v) is 8.79. The maximum absolute atomic E-state index is 16.4. The summed E-state index contributed by atoms with van der Waals surface area (Å²) in [6, 6.07) is 54.9. The summed E-state index contributed by atoms with van der Waals surface area (Å²) in [5, 5.41) is 17.7. The lowest BCUT2D eigenvalue weighted by molar-refractivity contribution is -0.136. The lowest BCUT2D eigenvalue weighted by Crippen LogP contribution is -2.13. The van der Waals surface area contributed by atoms with Gasteiger partial charge in [0.1, 0.15) is 11.6 Å². The van der Waals surface area contributed by atoms with Gasteiger partial charge in [0.25, 0.3) is 0 Å². The van der Waals surface area contributed by atoms with E-state index in [4.69, 9.17) is 9.97 Å². The number of rotatable bonds is 4. The summed E-state index contributed by atoms with van der Waals surface area (Å²) in [4.78, 5) is 10.3. The van der Waals surface area contributed by atoms with E-state index in [0.29, 0.717) is 33.4 Å². The Morgan fingerprint density at radius 2 is 0.759 bits per heavy atom. The number of halogens is 3. The van der Waals surface area contributed by atoms with E-state index in [1.165, 1.54) is 12.1 Å². The molecule has 0 aliphatic rings. The van der Waals surface area contributed by atoms with Crippen molar-refractivity contribution < 1.29 is 13.2 Å². The van der Waals surface area contributed by atoms with Crippen LogP contribution in [0.15, 0.2) is 170 Å². The second kappa shape index (κ2) is 12.6. The molecule has 0 spiro atoms. The molecule has 5 nitrogen and oxygen atoms in total. The minimum atomic E-state index is -4.91. The Balaban J connectivity index is 1.34. The quantitative estimate of drug-likeness (QED) is 0.168. The molecule has 0 aliphatic carbocycles. The van der Waals surface area contributed by atoms with Gasteiger partial charge >= 0.3 is 6.18 Å². The number of hydrogen-bond donors (Lipinski definition) is 0. The smallest absolute Gasteiger partial charge is 0.292 e. The Hall–Kier alpha value is -7.76. The summed E-state index contributed by atoms with van der Waals surface area (Å²) in [7, 11) is 0. The molecule has 274 valence electrons. The van der Waals surface area contributed by atoms with E-state index in [1.54, 1.807) is 9.13 Å². The number of aromatic nitrogens is 4. The number of benzene rings is 9. The van der Waals surface area contributed by atoms with Crippen molar-refractivity contribution in [3.8, 4) is 40.2 Å². The molecule has 0 unspecified atom stereocenters. The Morgan fingerprint density at radius 3 is 1.12 bits per heavy atom. The van der Waals surface area contributed by atoms with Gasteiger partial charge in [-0.05, 0) is 57.9 Å². The lowest BCUT2D eigenvalue weighted by atomic mass is 9.95. The van der Waals surface area contributed by atoms with Crippen LogP contribution < -0.4 is 0 Å². The molecule has 0 N–H and O–H groups in total. The average Bonchev–Trinajstić information content (AvgIpc) is 3.88. The number of nitriles is 1. The molecule has 9 aromatic carbocycles. The van der Waals surface area contributed by atoms with E-state index in [0.717, 1.165) is 43.1 Å². The molecule has 0 radical (unpaired) electrons. The summed E-state index contributed by atoms with van der Waals surface area (Å²) in [6.45, 7) is 0. The summed E-state index contributed by atoms with van der Waals surface area (Å²) in [5.74, 6) is 0.123. The van der Waals surface area contributed by atoms with E-state index in [2.05, 4.69) is 6.07 Å². The number of fused-ring (bicyclic) bond motifs is 12. The average molecular weight is 756 g/mol. The van der Waals surface area contributed by atoms with Crippen molar-refractivity contribution in [2.75, 3.05) is 0 Å². The van der Waals surface area contributed by atoms with Crippen LogP contribution in [0.2, 0.25) is 0 Å². The van der Waals surface area contributed by atoms with Crippen molar-refractivity contribution >= 4 is 65.2 Å². The highest BCUT2D eigenvalue weighted by Crippen LogP contribution is 2.48. The molecule has 58 heavy (non-hydrogen) atoms. The van der Waals surface area contributed by atoms with Crippen molar-refractivity contribution in [2.45, 2.75) is 6.18 Å². The second-order valence-corrected chi connectivity index (χ2v) is 14.3. The van der Waals surface area contributed by atoms with Gasteiger partial charge in [0.15, 0.2) is 0 Å². The van der Waals surface area contributed by atoms with E-state index in [-0.39, 0.29) is 28.3 Å². The predicted octanol–water partition coefficient (Wildman–Crippen LogP) is 13.2. The molecular weight excluding hydrogens is 728 g/mol. The molecule has 11 aromatic rings.